The van der Waals surface area contributed by atoms with Crippen molar-refractivity contribution in [3.8, 4) is 17.2 Å². The Morgan fingerprint density at radius 2 is 1.93 bits per heavy atom. The number of methoxy groups -OCH3 is 1. The van der Waals surface area contributed by atoms with Crippen molar-refractivity contribution in [3.63, 3.8) is 0 Å². The van der Waals surface area contributed by atoms with Gasteiger partial charge >= 0.3 is 0 Å². The minimum Gasteiger partial charge on any atom is -0.508 e. The second kappa shape index (κ2) is 10.2. The van der Waals surface area contributed by atoms with E-state index in [0.717, 1.165) is 17.5 Å². The molecule has 6 nitrogen and oxygen atoms in total. The van der Waals surface area contributed by atoms with Gasteiger partial charge in [0.05, 0.1) is 13.2 Å². The van der Waals surface area contributed by atoms with Crippen LogP contribution in [-0.2, 0) is 9.53 Å². The highest BCUT2D eigenvalue weighted by atomic mass is 16.5. The van der Waals surface area contributed by atoms with Crippen molar-refractivity contribution in [3.05, 3.63) is 59.7 Å². The predicted octanol–water partition coefficient (Wildman–Crippen LogP) is 3.40. The smallest absolute Gasteiger partial charge is 0.244 e. The van der Waals surface area contributed by atoms with Gasteiger partial charge < -0.3 is 25.0 Å². The van der Waals surface area contributed by atoms with Gasteiger partial charge in [-0.1, -0.05) is 25.1 Å². The monoisotopic (exact) mass is 371 g/mol. The summed E-state index contributed by atoms with van der Waals surface area (Å²) in [6.07, 6.45) is 3.63. The number of carbonyl (C=O) groups excluding carboxylic acids is 1. The van der Waals surface area contributed by atoms with E-state index in [1.54, 1.807) is 42.5 Å². The van der Waals surface area contributed by atoms with Gasteiger partial charge in [0.1, 0.15) is 5.75 Å². The fourth-order valence-corrected chi connectivity index (χ4v) is 2.44. The molecule has 2 aromatic rings. The molecular weight excluding hydrogens is 346 g/mol. The molecule has 0 heterocycles. The standard InChI is InChI=1S/C21H25NO5/c1-3-12-27-20(16-6-8-17(23)9-7-16)14-22-21(25)11-5-15-4-10-18(24)19(13-15)26-2/h4-11,13,20,23-24H,3,12,14H2,1-2H3,(H,22,25). The zero-order chi connectivity index (χ0) is 19.6. The number of ether oxygens (including phenoxy) is 2. The Hall–Kier alpha value is -2.99. The molecule has 0 radical (unpaired) electrons. The Bertz CT molecular complexity index is 771. The Balaban J connectivity index is 1.97. The molecule has 0 aliphatic heterocycles. The number of carbonyl (C=O) groups is 1. The van der Waals surface area contributed by atoms with Gasteiger partial charge in [0.25, 0.3) is 0 Å². The van der Waals surface area contributed by atoms with Crippen molar-refractivity contribution in [2.75, 3.05) is 20.3 Å². The molecule has 3 N–H and O–H groups in total. The molecule has 6 heteroatoms. The first-order valence-electron chi connectivity index (χ1n) is 8.77. The minimum atomic E-state index is -0.295. The molecule has 0 saturated carbocycles. The number of hydrogen-bond donors (Lipinski definition) is 3. The van der Waals surface area contributed by atoms with Gasteiger partial charge in [0.15, 0.2) is 11.5 Å². The van der Waals surface area contributed by atoms with E-state index >= 15 is 0 Å². The zero-order valence-corrected chi connectivity index (χ0v) is 15.5. The molecule has 1 unspecified atom stereocenters. The number of amides is 1. The topological polar surface area (TPSA) is 88.0 Å². The lowest BCUT2D eigenvalue weighted by Crippen LogP contribution is -2.28. The van der Waals surface area contributed by atoms with E-state index in [1.807, 2.05) is 6.92 Å². The number of benzene rings is 2. The molecule has 0 aliphatic carbocycles. The average Bonchev–Trinajstić information content (AvgIpc) is 2.68. The lowest BCUT2D eigenvalue weighted by molar-refractivity contribution is -0.117. The Morgan fingerprint density at radius 3 is 2.59 bits per heavy atom. The summed E-state index contributed by atoms with van der Waals surface area (Å²) in [5.41, 5.74) is 1.62. The van der Waals surface area contributed by atoms with Crippen LogP contribution in [0, 0.1) is 0 Å². The van der Waals surface area contributed by atoms with Crippen molar-refractivity contribution in [2.24, 2.45) is 0 Å². The fraction of sp³-hybridized carbons (Fsp3) is 0.286. The quantitative estimate of drug-likeness (QED) is 0.588. The summed E-state index contributed by atoms with van der Waals surface area (Å²) in [4.78, 5) is 12.1. The normalized spacial score (nSPS) is 12.1. The maximum Gasteiger partial charge on any atom is 0.244 e. The Morgan fingerprint density at radius 1 is 1.19 bits per heavy atom. The summed E-state index contributed by atoms with van der Waals surface area (Å²) in [7, 11) is 1.47. The maximum atomic E-state index is 12.1. The highest BCUT2D eigenvalue weighted by Crippen LogP contribution is 2.26. The summed E-state index contributed by atoms with van der Waals surface area (Å²) in [5.74, 6) is 0.317. The Kier molecular flexibility index (Phi) is 7.70. The first-order valence-corrected chi connectivity index (χ1v) is 8.77. The summed E-state index contributed by atoms with van der Waals surface area (Å²) in [6, 6.07) is 11.6. The zero-order valence-electron chi connectivity index (χ0n) is 15.5. The van der Waals surface area contributed by atoms with Crippen LogP contribution in [0.25, 0.3) is 6.08 Å². The van der Waals surface area contributed by atoms with E-state index in [2.05, 4.69) is 5.32 Å². The molecule has 0 aromatic heterocycles. The van der Waals surface area contributed by atoms with Crippen LogP contribution in [0.1, 0.15) is 30.6 Å². The van der Waals surface area contributed by atoms with Crippen molar-refractivity contribution in [1.29, 1.82) is 0 Å². The molecule has 1 atom stereocenters. The lowest BCUT2D eigenvalue weighted by atomic mass is 10.1. The van der Waals surface area contributed by atoms with E-state index in [4.69, 9.17) is 9.47 Å². The van der Waals surface area contributed by atoms with Crippen LogP contribution in [0.2, 0.25) is 0 Å². The third-order valence-corrected chi connectivity index (χ3v) is 3.88. The van der Waals surface area contributed by atoms with Crippen LogP contribution in [0.4, 0.5) is 0 Å². The molecule has 0 fully saturated rings. The maximum absolute atomic E-state index is 12.1. The SMILES string of the molecule is CCCOC(CNC(=O)C=Cc1ccc(O)c(OC)c1)c1ccc(O)cc1. The summed E-state index contributed by atoms with van der Waals surface area (Å²) >= 11 is 0. The number of hydrogen-bond acceptors (Lipinski definition) is 5. The van der Waals surface area contributed by atoms with E-state index in [-0.39, 0.29) is 23.5 Å². The highest BCUT2D eigenvalue weighted by molar-refractivity contribution is 5.91. The number of rotatable bonds is 9. The van der Waals surface area contributed by atoms with Gasteiger partial charge in [-0.15, -0.1) is 0 Å². The molecule has 0 spiro atoms. The van der Waals surface area contributed by atoms with Crippen LogP contribution in [-0.4, -0.2) is 36.4 Å². The molecule has 2 aromatic carbocycles. The molecule has 144 valence electrons. The van der Waals surface area contributed by atoms with E-state index < -0.39 is 0 Å². The first-order chi connectivity index (χ1) is 13.0. The van der Waals surface area contributed by atoms with Crippen LogP contribution in [0.15, 0.2) is 48.5 Å². The largest absolute Gasteiger partial charge is 0.508 e. The van der Waals surface area contributed by atoms with E-state index in [9.17, 15) is 15.0 Å². The third-order valence-electron chi connectivity index (χ3n) is 3.88. The summed E-state index contributed by atoms with van der Waals surface area (Å²) < 4.78 is 10.9. The van der Waals surface area contributed by atoms with Gasteiger partial charge in [-0.05, 0) is 47.9 Å². The third kappa shape index (κ3) is 6.34. The number of nitrogens with one attached hydrogen (secondary N) is 1. The summed E-state index contributed by atoms with van der Waals surface area (Å²) in [6.45, 7) is 2.90. The molecule has 0 aliphatic rings. The molecule has 0 bridgehead atoms. The number of phenols is 2. The van der Waals surface area contributed by atoms with E-state index in [0.29, 0.717) is 18.9 Å². The van der Waals surface area contributed by atoms with Crippen LogP contribution >= 0.6 is 0 Å². The van der Waals surface area contributed by atoms with Crippen molar-refractivity contribution in [1.82, 2.24) is 5.32 Å². The second-order valence-corrected chi connectivity index (χ2v) is 5.96. The molecule has 0 saturated heterocycles. The van der Waals surface area contributed by atoms with Crippen molar-refractivity contribution in [2.45, 2.75) is 19.4 Å². The average molecular weight is 371 g/mol. The molecule has 1 amide bonds. The second-order valence-electron chi connectivity index (χ2n) is 5.96. The molecule has 27 heavy (non-hydrogen) atoms. The van der Waals surface area contributed by atoms with Gasteiger partial charge in [0.2, 0.25) is 5.91 Å². The number of aromatic hydroxyl groups is 2. The van der Waals surface area contributed by atoms with Gasteiger partial charge in [-0.2, -0.15) is 0 Å². The fourth-order valence-electron chi connectivity index (χ4n) is 2.44. The summed E-state index contributed by atoms with van der Waals surface area (Å²) in [5, 5.41) is 21.8. The highest BCUT2D eigenvalue weighted by Gasteiger charge is 2.13. The minimum absolute atomic E-state index is 0.0453. The first kappa shape index (κ1) is 20.3. The predicted molar refractivity (Wildman–Crippen MR) is 104 cm³/mol. The van der Waals surface area contributed by atoms with Gasteiger partial charge in [0, 0.05) is 19.2 Å². The molecule has 2 rings (SSSR count). The van der Waals surface area contributed by atoms with Crippen LogP contribution in [0.5, 0.6) is 17.2 Å². The van der Waals surface area contributed by atoms with Crippen molar-refractivity contribution < 1.29 is 24.5 Å². The number of phenolic OH excluding ortho intramolecular Hbond substituents is 2. The molecular formula is C21H25NO5. The van der Waals surface area contributed by atoms with Gasteiger partial charge in [-0.3, -0.25) is 4.79 Å². The van der Waals surface area contributed by atoms with Crippen LogP contribution < -0.4 is 10.1 Å². The van der Waals surface area contributed by atoms with E-state index in [1.165, 1.54) is 19.3 Å². The van der Waals surface area contributed by atoms with Crippen molar-refractivity contribution >= 4 is 12.0 Å². The lowest BCUT2D eigenvalue weighted by Gasteiger charge is -2.18. The Labute approximate surface area is 159 Å². The van der Waals surface area contributed by atoms with Gasteiger partial charge in [-0.25, -0.2) is 0 Å². The van der Waals surface area contributed by atoms with Crippen LogP contribution in [0.3, 0.4) is 0 Å².